The summed E-state index contributed by atoms with van der Waals surface area (Å²) >= 11 is 1.62. The number of thiophene rings is 1. The molecule has 5 nitrogen and oxygen atoms in total. The molecule has 1 fully saturated rings. The van der Waals surface area contributed by atoms with Crippen molar-refractivity contribution in [2.75, 3.05) is 6.54 Å². The topological polar surface area (TPSA) is 65.7 Å². The van der Waals surface area contributed by atoms with Gasteiger partial charge in [0.05, 0.1) is 6.26 Å². The van der Waals surface area contributed by atoms with E-state index in [2.05, 4.69) is 5.32 Å². The number of urea groups is 1. The Kier molecular flexibility index (Phi) is 4.80. The number of rotatable bonds is 5. The molecule has 1 aliphatic rings. The van der Waals surface area contributed by atoms with Crippen LogP contribution in [0.1, 0.15) is 36.7 Å². The number of hydrogen-bond acceptors (Lipinski definition) is 4. The van der Waals surface area contributed by atoms with E-state index in [1.807, 2.05) is 21.7 Å². The Morgan fingerprint density at radius 2 is 2.45 bits per heavy atom. The molecule has 0 radical (unpaired) electrons. The number of aliphatic hydroxyl groups excluding tert-OH is 1. The number of likely N-dealkylation sites (tertiary alicyclic amines) is 1. The highest BCUT2D eigenvalue weighted by Crippen LogP contribution is 2.27. The second-order valence-corrected chi connectivity index (χ2v) is 6.33. The molecule has 2 amide bonds. The zero-order valence-electron chi connectivity index (χ0n) is 12.3. The third-order valence-corrected chi connectivity index (χ3v) is 4.76. The van der Waals surface area contributed by atoms with Gasteiger partial charge in [0.2, 0.25) is 0 Å². The summed E-state index contributed by atoms with van der Waals surface area (Å²) in [6.45, 7) is 1.29. The molecule has 0 saturated carbocycles. The van der Waals surface area contributed by atoms with E-state index < -0.39 is 6.10 Å². The Morgan fingerprint density at radius 1 is 1.55 bits per heavy atom. The van der Waals surface area contributed by atoms with Gasteiger partial charge in [-0.3, -0.25) is 0 Å². The Hall–Kier alpha value is -1.79. The lowest BCUT2D eigenvalue weighted by atomic mass is 10.1. The minimum absolute atomic E-state index is 0.0552. The lowest BCUT2D eigenvalue weighted by molar-refractivity contribution is 0.108. The quantitative estimate of drug-likeness (QED) is 0.889. The summed E-state index contributed by atoms with van der Waals surface area (Å²) < 4.78 is 5.23. The van der Waals surface area contributed by atoms with Crippen LogP contribution in [0.2, 0.25) is 0 Å². The van der Waals surface area contributed by atoms with Crippen LogP contribution in [0.5, 0.6) is 0 Å². The molecular weight excluding hydrogens is 300 g/mol. The molecule has 2 N–H and O–H groups in total. The van der Waals surface area contributed by atoms with Crippen molar-refractivity contribution in [3.05, 3.63) is 46.5 Å². The van der Waals surface area contributed by atoms with E-state index in [9.17, 15) is 9.90 Å². The van der Waals surface area contributed by atoms with Crippen molar-refractivity contribution in [3.63, 3.8) is 0 Å². The molecule has 3 heterocycles. The maximum absolute atomic E-state index is 12.3. The van der Waals surface area contributed by atoms with Gasteiger partial charge in [-0.05, 0) is 47.4 Å². The number of aliphatic hydroxyl groups is 1. The van der Waals surface area contributed by atoms with Gasteiger partial charge < -0.3 is 19.7 Å². The fourth-order valence-corrected chi connectivity index (χ4v) is 3.54. The molecule has 3 rings (SSSR count). The number of hydrogen-bond donors (Lipinski definition) is 2. The molecule has 1 aliphatic heterocycles. The van der Waals surface area contributed by atoms with Crippen LogP contribution in [-0.4, -0.2) is 28.6 Å². The highest BCUT2D eigenvalue weighted by molar-refractivity contribution is 7.07. The molecular formula is C16H20N2O3S. The van der Waals surface area contributed by atoms with Crippen molar-refractivity contribution in [1.82, 2.24) is 10.2 Å². The van der Waals surface area contributed by atoms with Crippen molar-refractivity contribution in [2.45, 2.75) is 38.0 Å². The SMILES string of the molecule is O=C(NCc1ccsc1)N1CCC[C@@H]1C[C@@H](O)c1ccco1. The van der Waals surface area contributed by atoms with Gasteiger partial charge in [0, 0.05) is 25.6 Å². The number of amides is 2. The van der Waals surface area contributed by atoms with Crippen LogP contribution in [0.3, 0.4) is 0 Å². The van der Waals surface area contributed by atoms with Gasteiger partial charge in [-0.2, -0.15) is 11.3 Å². The number of carbonyl (C=O) groups excluding carboxylic acids is 1. The summed E-state index contributed by atoms with van der Waals surface area (Å²) in [7, 11) is 0. The van der Waals surface area contributed by atoms with Crippen LogP contribution in [0.4, 0.5) is 4.79 Å². The molecule has 0 bridgehead atoms. The molecule has 0 spiro atoms. The predicted octanol–water partition coefficient (Wildman–Crippen LogP) is 3.14. The minimum atomic E-state index is -0.662. The van der Waals surface area contributed by atoms with E-state index in [0.717, 1.165) is 24.9 Å². The van der Waals surface area contributed by atoms with E-state index >= 15 is 0 Å². The summed E-state index contributed by atoms with van der Waals surface area (Å²) in [5.41, 5.74) is 1.12. The molecule has 0 unspecified atom stereocenters. The molecule has 22 heavy (non-hydrogen) atoms. The molecule has 0 aromatic carbocycles. The first kappa shape index (κ1) is 15.1. The predicted molar refractivity (Wildman–Crippen MR) is 84.6 cm³/mol. The largest absolute Gasteiger partial charge is 0.467 e. The van der Waals surface area contributed by atoms with Gasteiger partial charge in [0.15, 0.2) is 0 Å². The van der Waals surface area contributed by atoms with Gasteiger partial charge in [0.1, 0.15) is 11.9 Å². The first-order valence-corrected chi connectivity index (χ1v) is 8.45. The Balaban J connectivity index is 1.54. The standard InChI is InChI=1S/C16H20N2O3S/c19-14(15-4-2-7-21-15)9-13-3-1-6-18(13)16(20)17-10-12-5-8-22-11-12/h2,4-5,7-8,11,13-14,19H,1,3,6,9-10H2,(H,17,20)/t13-,14-/m1/s1. The van der Waals surface area contributed by atoms with E-state index in [0.29, 0.717) is 18.7 Å². The lowest BCUT2D eigenvalue weighted by Gasteiger charge is -2.26. The maximum atomic E-state index is 12.3. The molecule has 2 atom stereocenters. The van der Waals surface area contributed by atoms with Gasteiger partial charge >= 0.3 is 6.03 Å². The first-order chi connectivity index (χ1) is 10.7. The van der Waals surface area contributed by atoms with Crippen LogP contribution in [0, 0.1) is 0 Å². The van der Waals surface area contributed by atoms with Crippen molar-refractivity contribution in [1.29, 1.82) is 0 Å². The number of nitrogens with one attached hydrogen (secondary N) is 1. The first-order valence-electron chi connectivity index (χ1n) is 7.51. The smallest absolute Gasteiger partial charge is 0.317 e. The van der Waals surface area contributed by atoms with E-state index in [1.165, 1.54) is 0 Å². The normalized spacial score (nSPS) is 19.3. The van der Waals surface area contributed by atoms with Crippen LogP contribution in [0.15, 0.2) is 39.6 Å². The molecule has 2 aromatic rings. The summed E-state index contributed by atoms with van der Waals surface area (Å²) in [5, 5.41) is 17.2. The monoisotopic (exact) mass is 320 g/mol. The highest BCUT2D eigenvalue weighted by atomic mass is 32.1. The van der Waals surface area contributed by atoms with E-state index in [-0.39, 0.29) is 12.1 Å². The molecule has 1 saturated heterocycles. The molecule has 6 heteroatoms. The Morgan fingerprint density at radius 3 is 3.18 bits per heavy atom. The van der Waals surface area contributed by atoms with Gasteiger partial charge in [-0.25, -0.2) is 4.79 Å². The Bertz CT molecular complexity index is 583. The fourth-order valence-electron chi connectivity index (χ4n) is 2.88. The summed E-state index contributed by atoms with van der Waals surface area (Å²) in [5.74, 6) is 0.561. The van der Waals surface area contributed by atoms with Crippen LogP contribution in [-0.2, 0) is 6.54 Å². The number of carbonyl (C=O) groups is 1. The van der Waals surface area contributed by atoms with E-state index in [1.54, 1.807) is 29.7 Å². The second-order valence-electron chi connectivity index (χ2n) is 5.55. The fraction of sp³-hybridized carbons (Fsp3) is 0.438. The average Bonchev–Trinajstić information content (AvgIpc) is 3.25. The van der Waals surface area contributed by atoms with Crippen LogP contribution >= 0.6 is 11.3 Å². The minimum Gasteiger partial charge on any atom is -0.467 e. The van der Waals surface area contributed by atoms with Crippen LogP contribution < -0.4 is 5.32 Å². The van der Waals surface area contributed by atoms with Gasteiger partial charge in [-0.15, -0.1) is 0 Å². The van der Waals surface area contributed by atoms with Crippen molar-refractivity contribution in [3.8, 4) is 0 Å². The Labute approximate surface area is 133 Å². The third-order valence-electron chi connectivity index (χ3n) is 4.03. The second kappa shape index (κ2) is 6.98. The van der Waals surface area contributed by atoms with Crippen molar-refractivity contribution in [2.24, 2.45) is 0 Å². The van der Waals surface area contributed by atoms with E-state index in [4.69, 9.17) is 4.42 Å². The van der Waals surface area contributed by atoms with Crippen molar-refractivity contribution >= 4 is 17.4 Å². The van der Waals surface area contributed by atoms with Crippen LogP contribution in [0.25, 0.3) is 0 Å². The molecule has 118 valence electrons. The average molecular weight is 320 g/mol. The van der Waals surface area contributed by atoms with Crippen molar-refractivity contribution < 1.29 is 14.3 Å². The van der Waals surface area contributed by atoms with Gasteiger partial charge in [0.25, 0.3) is 0 Å². The zero-order chi connectivity index (χ0) is 15.4. The number of nitrogens with zero attached hydrogens (tertiary/aromatic N) is 1. The summed E-state index contributed by atoms with van der Waals surface area (Å²) in [4.78, 5) is 14.2. The highest BCUT2D eigenvalue weighted by Gasteiger charge is 2.31. The number of furan rings is 1. The lowest BCUT2D eigenvalue weighted by Crippen LogP contribution is -2.43. The maximum Gasteiger partial charge on any atom is 0.317 e. The third kappa shape index (κ3) is 3.51. The summed E-state index contributed by atoms with van der Waals surface area (Å²) in [6, 6.07) is 5.54. The molecule has 2 aromatic heterocycles. The molecule has 0 aliphatic carbocycles. The summed E-state index contributed by atoms with van der Waals surface area (Å²) in [6.07, 6.45) is 3.30. The van der Waals surface area contributed by atoms with Gasteiger partial charge in [-0.1, -0.05) is 0 Å². The zero-order valence-corrected chi connectivity index (χ0v) is 13.1.